The fraction of sp³-hybridized carbons (Fsp3) is 0.355. The van der Waals surface area contributed by atoms with Gasteiger partial charge in [-0.05, 0) is 56.2 Å². The summed E-state index contributed by atoms with van der Waals surface area (Å²) in [6, 6.07) is 20.1. The van der Waals surface area contributed by atoms with Crippen LogP contribution in [0.3, 0.4) is 0 Å². The number of carbonyl (C=O) groups excluding carboxylic acids is 2. The molecule has 2 amide bonds. The first-order chi connectivity index (χ1) is 20.1. The van der Waals surface area contributed by atoms with E-state index in [9.17, 15) is 18.0 Å². The Kier molecular flexibility index (Phi) is 10.3. The molecular formula is C31H36ClN3O6S. The number of carbonyl (C=O) groups is 2. The zero-order valence-corrected chi connectivity index (χ0v) is 25.5. The first-order valence-corrected chi connectivity index (χ1v) is 15.8. The van der Waals surface area contributed by atoms with E-state index in [0.29, 0.717) is 29.7 Å². The number of halogens is 1. The van der Waals surface area contributed by atoms with Gasteiger partial charge in [0.15, 0.2) is 11.5 Å². The summed E-state index contributed by atoms with van der Waals surface area (Å²) in [5, 5.41) is 3.47. The quantitative estimate of drug-likeness (QED) is 0.324. The summed E-state index contributed by atoms with van der Waals surface area (Å²) in [6.07, 6.45) is 0.239. The largest absolute Gasteiger partial charge is 0.486 e. The number of hydrogen-bond donors (Lipinski definition) is 1. The second-order valence-electron chi connectivity index (χ2n) is 10.3. The first-order valence-electron chi connectivity index (χ1n) is 13.9. The van der Waals surface area contributed by atoms with E-state index in [1.807, 2.05) is 44.2 Å². The van der Waals surface area contributed by atoms with E-state index in [1.54, 1.807) is 42.5 Å². The van der Waals surface area contributed by atoms with Crippen molar-refractivity contribution in [2.45, 2.75) is 45.8 Å². The molecule has 3 aromatic rings. The van der Waals surface area contributed by atoms with Crippen LogP contribution >= 0.6 is 11.6 Å². The van der Waals surface area contributed by atoms with Crippen molar-refractivity contribution < 1.29 is 27.5 Å². The number of ether oxygens (including phenoxy) is 2. The number of anilines is 1. The van der Waals surface area contributed by atoms with Crippen LogP contribution in [0.5, 0.6) is 11.5 Å². The highest BCUT2D eigenvalue weighted by atomic mass is 35.5. The maximum atomic E-state index is 14.2. The molecule has 0 saturated carbocycles. The molecule has 4 rings (SSSR count). The van der Waals surface area contributed by atoms with Crippen LogP contribution in [-0.2, 0) is 32.6 Å². The van der Waals surface area contributed by atoms with Crippen molar-refractivity contribution in [2.24, 2.45) is 0 Å². The molecule has 0 radical (unpaired) electrons. The molecule has 1 aliphatic rings. The lowest BCUT2D eigenvalue weighted by Gasteiger charge is -2.34. The predicted octanol–water partition coefficient (Wildman–Crippen LogP) is 4.43. The van der Waals surface area contributed by atoms with Gasteiger partial charge in [0.05, 0.1) is 11.4 Å². The van der Waals surface area contributed by atoms with Crippen LogP contribution in [0.2, 0.25) is 5.02 Å². The average Bonchev–Trinajstić information content (AvgIpc) is 2.98. The number of sulfonamides is 1. The Hall–Kier alpha value is -3.76. The van der Waals surface area contributed by atoms with E-state index in [-0.39, 0.29) is 36.4 Å². The van der Waals surface area contributed by atoms with Crippen LogP contribution in [0.4, 0.5) is 5.69 Å². The van der Waals surface area contributed by atoms with E-state index in [4.69, 9.17) is 21.1 Å². The lowest BCUT2D eigenvalue weighted by Crippen LogP contribution is -2.54. The molecule has 1 heterocycles. The Balaban J connectivity index is 1.74. The molecule has 0 unspecified atom stereocenters. The lowest BCUT2D eigenvalue weighted by molar-refractivity contribution is -0.140. The second kappa shape index (κ2) is 13.9. The third kappa shape index (κ3) is 7.95. The number of fused-ring (bicyclic) bond motifs is 1. The molecule has 224 valence electrons. The normalized spacial score (nSPS) is 13.4. The van der Waals surface area contributed by atoms with Gasteiger partial charge in [0, 0.05) is 30.1 Å². The minimum absolute atomic E-state index is 0.0696. The van der Waals surface area contributed by atoms with Crippen molar-refractivity contribution in [3.05, 3.63) is 88.9 Å². The zero-order chi connectivity index (χ0) is 30.3. The molecule has 42 heavy (non-hydrogen) atoms. The van der Waals surface area contributed by atoms with E-state index in [0.717, 1.165) is 15.4 Å². The third-order valence-corrected chi connectivity index (χ3v) is 8.75. The number of amides is 2. The van der Waals surface area contributed by atoms with Crippen molar-refractivity contribution >= 4 is 39.1 Å². The molecule has 9 nitrogen and oxygen atoms in total. The maximum absolute atomic E-state index is 14.2. The maximum Gasteiger partial charge on any atom is 0.244 e. The van der Waals surface area contributed by atoms with Crippen LogP contribution < -0.4 is 19.1 Å². The van der Waals surface area contributed by atoms with Crippen molar-refractivity contribution in [2.75, 3.05) is 29.8 Å². The standard InChI is InChI=1S/C31H36ClN3O6S/c1-4-42(38,39)35(26-14-15-28-29(19-26)41-17-16-40-28)21-30(36)34(20-24-10-12-25(32)13-11-24)27(31(37)33-22(2)3)18-23-8-6-5-7-9-23/h5-15,19,22,27H,4,16-18,20-21H2,1-3H3,(H,33,37)/t27-/m0/s1. The SMILES string of the molecule is CCS(=O)(=O)N(CC(=O)N(Cc1ccc(Cl)cc1)[C@@H](Cc1ccccc1)C(=O)NC(C)C)c1ccc2c(c1)OCCO2. The second-order valence-corrected chi connectivity index (χ2v) is 12.9. The smallest absolute Gasteiger partial charge is 0.244 e. The van der Waals surface area contributed by atoms with Crippen LogP contribution in [0.25, 0.3) is 0 Å². The molecule has 1 N–H and O–H groups in total. The molecule has 0 spiro atoms. The van der Waals surface area contributed by atoms with Crippen LogP contribution in [0.1, 0.15) is 31.9 Å². The summed E-state index contributed by atoms with van der Waals surface area (Å²) in [4.78, 5) is 29.3. The molecule has 1 atom stereocenters. The highest BCUT2D eigenvalue weighted by molar-refractivity contribution is 7.92. The molecule has 11 heteroatoms. The Morgan fingerprint density at radius 2 is 1.60 bits per heavy atom. The van der Waals surface area contributed by atoms with Crippen molar-refractivity contribution in [1.82, 2.24) is 10.2 Å². The Bertz CT molecular complexity index is 1480. The van der Waals surface area contributed by atoms with Gasteiger partial charge < -0.3 is 19.7 Å². The highest BCUT2D eigenvalue weighted by Crippen LogP contribution is 2.35. The monoisotopic (exact) mass is 613 g/mol. The summed E-state index contributed by atoms with van der Waals surface area (Å²) in [5.41, 5.74) is 1.87. The molecular weight excluding hydrogens is 578 g/mol. The summed E-state index contributed by atoms with van der Waals surface area (Å²) in [6.45, 7) is 5.49. The highest BCUT2D eigenvalue weighted by Gasteiger charge is 2.34. The number of rotatable bonds is 12. The minimum Gasteiger partial charge on any atom is -0.486 e. The number of hydrogen-bond acceptors (Lipinski definition) is 6. The van der Waals surface area contributed by atoms with E-state index < -0.39 is 28.5 Å². The first kappa shape index (κ1) is 31.2. The van der Waals surface area contributed by atoms with Gasteiger partial charge >= 0.3 is 0 Å². The van der Waals surface area contributed by atoms with E-state index >= 15 is 0 Å². The molecule has 0 aromatic heterocycles. The minimum atomic E-state index is -3.90. The average molecular weight is 614 g/mol. The fourth-order valence-corrected chi connectivity index (χ4v) is 5.81. The van der Waals surface area contributed by atoms with Gasteiger partial charge in [-0.2, -0.15) is 0 Å². The Labute approximate surface area is 252 Å². The van der Waals surface area contributed by atoms with Crippen molar-refractivity contribution in [3.63, 3.8) is 0 Å². The van der Waals surface area contributed by atoms with Crippen LogP contribution in [0.15, 0.2) is 72.8 Å². The van der Waals surface area contributed by atoms with Gasteiger partial charge in [0.2, 0.25) is 21.8 Å². The van der Waals surface area contributed by atoms with Gasteiger partial charge in [-0.3, -0.25) is 13.9 Å². The lowest BCUT2D eigenvalue weighted by atomic mass is 10.0. The fourth-order valence-electron chi connectivity index (χ4n) is 4.63. The van der Waals surface area contributed by atoms with E-state index in [2.05, 4.69) is 5.32 Å². The van der Waals surface area contributed by atoms with Gasteiger partial charge in [0.25, 0.3) is 0 Å². The number of nitrogens with one attached hydrogen (secondary N) is 1. The van der Waals surface area contributed by atoms with Gasteiger partial charge in [-0.1, -0.05) is 54.1 Å². The summed E-state index contributed by atoms with van der Waals surface area (Å²) < 4.78 is 39.0. The molecule has 0 aliphatic carbocycles. The Morgan fingerprint density at radius 3 is 2.24 bits per heavy atom. The molecule has 0 bridgehead atoms. The van der Waals surface area contributed by atoms with Gasteiger partial charge in [0.1, 0.15) is 25.8 Å². The van der Waals surface area contributed by atoms with E-state index in [1.165, 1.54) is 11.8 Å². The topological polar surface area (TPSA) is 105 Å². The van der Waals surface area contributed by atoms with Gasteiger partial charge in [-0.25, -0.2) is 8.42 Å². The molecule has 0 saturated heterocycles. The predicted molar refractivity (Wildman–Crippen MR) is 163 cm³/mol. The molecule has 3 aromatic carbocycles. The summed E-state index contributed by atoms with van der Waals surface area (Å²) >= 11 is 6.10. The van der Waals surface area contributed by atoms with Crippen molar-refractivity contribution in [3.8, 4) is 11.5 Å². The number of benzene rings is 3. The van der Waals surface area contributed by atoms with Crippen LogP contribution in [-0.4, -0.2) is 62.7 Å². The zero-order valence-electron chi connectivity index (χ0n) is 24.0. The summed E-state index contributed by atoms with van der Waals surface area (Å²) in [5.74, 6) is -0.189. The van der Waals surface area contributed by atoms with Crippen LogP contribution in [0, 0.1) is 0 Å². The Morgan fingerprint density at radius 1 is 0.929 bits per heavy atom. The third-order valence-electron chi connectivity index (χ3n) is 6.76. The van der Waals surface area contributed by atoms with Crippen molar-refractivity contribution in [1.29, 1.82) is 0 Å². The summed E-state index contributed by atoms with van der Waals surface area (Å²) in [7, 11) is -3.90. The molecule has 0 fully saturated rings. The van der Waals surface area contributed by atoms with Gasteiger partial charge in [-0.15, -0.1) is 0 Å². The number of nitrogens with zero attached hydrogens (tertiary/aromatic N) is 2. The molecule has 1 aliphatic heterocycles.